The quantitative estimate of drug-likeness (QED) is 0.604. The number of benzene rings is 2. The molecule has 3 rings (SSSR count). The van der Waals surface area contributed by atoms with E-state index >= 15 is 0 Å². The monoisotopic (exact) mass is 427 g/mol. The van der Waals surface area contributed by atoms with E-state index in [1.807, 2.05) is 43.3 Å². The van der Waals surface area contributed by atoms with E-state index in [1.54, 1.807) is 31.1 Å². The summed E-state index contributed by atoms with van der Waals surface area (Å²) in [5, 5.41) is 0.604. The van der Waals surface area contributed by atoms with Crippen molar-refractivity contribution in [2.24, 2.45) is 0 Å². The van der Waals surface area contributed by atoms with Gasteiger partial charge >= 0.3 is 5.97 Å². The summed E-state index contributed by atoms with van der Waals surface area (Å²) in [7, 11) is 1.58. The van der Waals surface area contributed by atoms with Gasteiger partial charge in [-0.1, -0.05) is 53.6 Å². The Balaban J connectivity index is 1.90. The van der Waals surface area contributed by atoms with E-state index in [1.165, 1.54) is 0 Å². The summed E-state index contributed by atoms with van der Waals surface area (Å²) in [5.74, 6) is -0.832. The largest absolute Gasteiger partial charge is 0.457 e. The second-order valence-corrected chi connectivity index (χ2v) is 7.84. The van der Waals surface area contributed by atoms with Crippen LogP contribution in [0.1, 0.15) is 36.0 Å². The average molecular weight is 428 g/mol. The first-order valence-corrected chi connectivity index (χ1v) is 10.3. The van der Waals surface area contributed by atoms with Crippen LogP contribution in [0.15, 0.2) is 59.8 Å². The minimum absolute atomic E-state index is 0.0421. The molecule has 0 aromatic heterocycles. The van der Waals surface area contributed by atoms with Crippen LogP contribution < -0.4 is 0 Å². The molecule has 1 unspecified atom stereocenters. The number of nitrogens with zero attached hydrogens (tertiary/aromatic N) is 1. The van der Waals surface area contributed by atoms with Gasteiger partial charge in [0.1, 0.15) is 6.61 Å². The van der Waals surface area contributed by atoms with Gasteiger partial charge in [0, 0.05) is 36.7 Å². The molecule has 0 aliphatic carbocycles. The van der Waals surface area contributed by atoms with Crippen molar-refractivity contribution in [2.45, 2.75) is 32.8 Å². The number of amides is 1. The number of aryl methyl sites for hydroxylation is 1. The van der Waals surface area contributed by atoms with Gasteiger partial charge in [-0.15, -0.1) is 0 Å². The Kier molecular flexibility index (Phi) is 7.29. The Morgan fingerprint density at radius 3 is 2.40 bits per heavy atom. The van der Waals surface area contributed by atoms with E-state index in [0.29, 0.717) is 29.4 Å². The van der Waals surface area contributed by atoms with E-state index < -0.39 is 5.97 Å². The van der Waals surface area contributed by atoms with Crippen LogP contribution in [0.4, 0.5) is 0 Å². The number of ether oxygens (including phenoxy) is 2. The lowest BCUT2D eigenvalue weighted by molar-refractivity contribution is -0.141. The summed E-state index contributed by atoms with van der Waals surface area (Å²) in [5.41, 5.74) is 4.03. The van der Waals surface area contributed by atoms with Crippen molar-refractivity contribution in [3.05, 3.63) is 81.5 Å². The summed E-state index contributed by atoms with van der Waals surface area (Å²) in [6, 6.07) is 15.1. The van der Waals surface area contributed by atoms with Gasteiger partial charge in [-0.05, 0) is 37.1 Å². The topological polar surface area (TPSA) is 55.8 Å². The Labute approximate surface area is 182 Å². The average Bonchev–Trinajstić information content (AvgIpc) is 2.73. The summed E-state index contributed by atoms with van der Waals surface area (Å²) in [6.45, 7) is 4.76. The summed E-state index contributed by atoms with van der Waals surface area (Å²) >= 11 is 6.02. The van der Waals surface area contributed by atoms with Gasteiger partial charge in [0.2, 0.25) is 5.91 Å². The fourth-order valence-electron chi connectivity index (χ4n) is 3.63. The van der Waals surface area contributed by atoms with Crippen LogP contribution in [0.3, 0.4) is 0 Å². The molecule has 0 radical (unpaired) electrons. The highest BCUT2D eigenvalue weighted by molar-refractivity contribution is 6.30. The highest BCUT2D eigenvalue weighted by Gasteiger charge is 2.36. The van der Waals surface area contributed by atoms with Crippen molar-refractivity contribution in [2.75, 3.05) is 20.3 Å². The lowest BCUT2D eigenvalue weighted by atomic mass is 9.83. The maximum Gasteiger partial charge on any atom is 0.336 e. The van der Waals surface area contributed by atoms with Crippen molar-refractivity contribution < 1.29 is 19.1 Å². The zero-order valence-corrected chi connectivity index (χ0v) is 18.2. The number of hydrogen-bond acceptors (Lipinski definition) is 4. The molecule has 0 fully saturated rings. The molecule has 1 aliphatic heterocycles. The molecule has 0 saturated carbocycles. The first-order chi connectivity index (χ1) is 14.4. The molecule has 2 aromatic rings. The second-order valence-electron chi connectivity index (χ2n) is 7.41. The normalized spacial score (nSPS) is 16.7. The predicted molar refractivity (Wildman–Crippen MR) is 116 cm³/mol. The highest BCUT2D eigenvalue weighted by atomic mass is 35.5. The van der Waals surface area contributed by atoms with Crippen molar-refractivity contribution in [1.82, 2.24) is 4.90 Å². The van der Waals surface area contributed by atoms with Gasteiger partial charge in [0.25, 0.3) is 0 Å². The molecule has 158 valence electrons. The highest BCUT2D eigenvalue weighted by Crippen LogP contribution is 2.37. The Bertz CT molecular complexity index is 935. The van der Waals surface area contributed by atoms with Crippen LogP contribution in [0.2, 0.25) is 5.02 Å². The maximum absolute atomic E-state index is 13.2. The van der Waals surface area contributed by atoms with Crippen molar-refractivity contribution >= 4 is 23.5 Å². The van der Waals surface area contributed by atoms with E-state index in [9.17, 15) is 9.59 Å². The molecular weight excluding hydrogens is 402 g/mol. The number of hydrogen-bond donors (Lipinski definition) is 0. The SMILES string of the molecule is COCCN1C(=O)CC(c2ccc(Cl)cc2)C(C(=O)OCc2ccc(C)cc2)=C1C. The summed E-state index contributed by atoms with van der Waals surface area (Å²) in [6.07, 6.45) is 0.192. The minimum Gasteiger partial charge on any atom is -0.457 e. The predicted octanol–water partition coefficient (Wildman–Crippen LogP) is 4.63. The maximum atomic E-state index is 13.2. The lowest BCUT2D eigenvalue weighted by Gasteiger charge is -2.34. The Morgan fingerprint density at radius 2 is 1.77 bits per heavy atom. The van der Waals surface area contributed by atoms with E-state index in [2.05, 4.69) is 0 Å². The third kappa shape index (κ3) is 5.10. The van der Waals surface area contributed by atoms with Crippen LogP contribution in [0, 0.1) is 6.92 Å². The first-order valence-electron chi connectivity index (χ1n) is 9.89. The molecule has 30 heavy (non-hydrogen) atoms. The fraction of sp³-hybridized carbons (Fsp3) is 0.333. The molecule has 6 heteroatoms. The number of esters is 1. The van der Waals surface area contributed by atoms with Crippen molar-refractivity contribution in [3.8, 4) is 0 Å². The second kappa shape index (κ2) is 9.92. The van der Waals surface area contributed by atoms with Crippen LogP contribution in [0.5, 0.6) is 0 Å². The number of rotatable bonds is 7. The molecule has 1 heterocycles. The third-order valence-electron chi connectivity index (χ3n) is 5.32. The molecule has 1 amide bonds. The number of halogens is 1. The minimum atomic E-state index is -0.414. The molecular formula is C24H26ClNO4. The first kappa shape index (κ1) is 22.1. The third-order valence-corrected chi connectivity index (χ3v) is 5.58. The van der Waals surface area contributed by atoms with Gasteiger partial charge in [-0.2, -0.15) is 0 Å². The van der Waals surface area contributed by atoms with Crippen LogP contribution in [0.25, 0.3) is 0 Å². The standard InChI is InChI=1S/C24H26ClNO4/c1-16-4-6-18(7-5-16)15-30-24(28)23-17(2)26(12-13-29-3)22(27)14-21(23)19-8-10-20(25)11-9-19/h4-11,21H,12-15H2,1-3H3. The zero-order chi connectivity index (χ0) is 21.7. The van der Waals surface area contributed by atoms with Gasteiger partial charge in [0.05, 0.1) is 12.2 Å². The van der Waals surface area contributed by atoms with Gasteiger partial charge < -0.3 is 14.4 Å². The Hall–Kier alpha value is -2.63. The molecule has 0 saturated heterocycles. The van der Waals surface area contributed by atoms with Crippen LogP contribution in [-0.4, -0.2) is 37.0 Å². The fourth-order valence-corrected chi connectivity index (χ4v) is 3.75. The van der Waals surface area contributed by atoms with Gasteiger partial charge in [-0.25, -0.2) is 4.79 Å². The van der Waals surface area contributed by atoms with Gasteiger partial charge in [-0.3, -0.25) is 4.79 Å². The molecule has 0 bridgehead atoms. The van der Waals surface area contributed by atoms with Crippen LogP contribution in [-0.2, 0) is 25.7 Å². The number of carbonyl (C=O) groups excluding carboxylic acids is 2. The molecule has 2 aromatic carbocycles. The molecule has 5 nitrogen and oxygen atoms in total. The summed E-state index contributed by atoms with van der Waals surface area (Å²) in [4.78, 5) is 27.6. The zero-order valence-electron chi connectivity index (χ0n) is 17.5. The van der Waals surface area contributed by atoms with Crippen molar-refractivity contribution in [1.29, 1.82) is 0 Å². The lowest BCUT2D eigenvalue weighted by Crippen LogP contribution is -2.40. The molecule has 0 spiro atoms. The summed E-state index contributed by atoms with van der Waals surface area (Å²) < 4.78 is 10.8. The van der Waals surface area contributed by atoms with E-state index in [0.717, 1.165) is 16.7 Å². The molecule has 0 N–H and O–H groups in total. The van der Waals surface area contributed by atoms with Crippen LogP contribution >= 0.6 is 11.6 Å². The molecule has 1 atom stereocenters. The van der Waals surface area contributed by atoms with Crippen molar-refractivity contribution in [3.63, 3.8) is 0 Å². The Morgan fingerprint density at radius 1 is 1.10 bits per heavy atom. The van der Waals surface area contributed by atoms with E-state index in [4.69, 9.17) is 21.1 Å². The van der Waals surface area contributed by atoms with Gasteiger partial charge in [0.15, 0.2) is 0 Å². The number of carbonyl (C=O) groups is 2. The number of methoxy groups -OCH3 is 1. The number of allylic oxidation sites excluding steroid dienone is 1. The smallest absolute Gasteiger partial charge is 0.336 e. The van der Waals surface area contributed by atoms with E-state index in [-0.39, 0.29) is 24.9 Å². The molecule has 1 aliphatic rings.